The molecule has 0 radical (unpaired) electrons. The number of likely N-dealkylation sites (N-methyl/N-ethyl adjacent to an activating group) is 2. The Balaban J connectivity index is 1.37. The Morgan fingerprint density at radius 1 is 0.288 bits per heavy atom. The molecule has 52 heavy (non-hydrogen) atoms. The Kier molecular flexibility index (Phi) is 4.91. The summed E-state index contributed by atoms with van der Waals surface area (Å²) >= 11 is 0. The molecule has 0 N–H and O–H groups in total. The Hall–Kier alpha value is -5.28. The first-order chi connectivity index (χ1) is 25.5. The molecule has 2 fully saturated rings. The summed E-state index contributed by atoms with van der Waals surface area (Å²) in [6, 6.07) is 57.8. The molecule has 0 bridgehead atoms. The molecule has 4 aliphatic rings. The zero-order chi connectivity index (χ0) is 34.2. The minimum Gasteiger partial charge on any atom is -0.304 e. The first-order valence-corrected chi connectivity index (χ1v) is 19.0. The van der Waals surface area contributed by atoms with Crippen LogP contribution in [0.15, 0.2) is 146 Å². The molecule has 2 nitrogen and oxygen atoms in total. The highest BCUT2D eigenvalue weighted by atomic mass is 15.2. The van der Waals surface area contributed by atoms with Gasteiger partial charge in [-0.2, -0.15) is 0 Å². The molecule has 2 heterocycles. The third-order valence-corrected chi connectivity index (χ3v) is 14.7. The zero-order valence-corrected chi connectivity index (χ0v) is 29.6. The summed E-state index contributed by atoms with van der Waals surface area (Å²) in [5.74, 6) is 0. The third-order valence-electron chi connectivity index (χ3n) is 14.7. The molecule has 12 rings (SSSR count). The molecule has 0 aromatic heterocycles. The molecule has 8 aromatic carbocycles. The smallest absolute Gasteiger partial charge is 0.0485 e. The van der Waals surface area contributed by atoms with E-state index < -0.39 is 0 Å². The van der Waals surface area contributed by atoms with Crippen LogP contribution < -0.4 is 0 Å². The van der Waals surface area contributed by atoms with Crippen LogP contribution in [-0.4, -0.2) is 50.1 Å². The van der Waals surface area contributed by atoms with Gasteiger partial charge in [0.2, 0.25) is 0 Å². The Labute approximate surface area is 303 Å². The normalized spacial score (nSPS) is 28.0. The number of rotatable bonds is 0. The van der Waals surface area contributed by atoms with Gasteiger partial charge < -0.3 is 9.80 Å². The van der Waals surface area contributed by atoms with E-state index >= 15 is 0 Å². The van der Waals surface area contributed by atoms with Crippen molar-refractivity contribution >= 4 is 43.1 Å². The first kappa shape index (κ1) is 28.3. The average molecular weight is 667 g/mol. The summed E-state index contributed by atoms with van der Waals surface area (Å²) in [7, 11) is 4.78. The molecule has 8 aromatic rings. The number of hydrogen-bond acceptors (Lipinski definition) is 2. The number of benzene rings is 8. The van der Waals surface area contributed by atoms with E-state index in [1.165, 1.54) is 43.1 Å². The Morgan fingerprint density at radius 2 is 0.442 bits per heavy atom. The van der Waals surface area contributed by atoms with Crippen LogP contribution in [0.4, 0.5) is 0 Å². The highest BCUT2D eigenvalue weighted by Gasteiger charge is 2.77. The maximum absolute atomic E-state index is 2.68. The molecular weight excluding hydrogens is 629 g/mol. The van der Waals surface area contributed by atoms with Crippen LogP contribution in [0, 0.1) is 0 Å². The number of hydrogen-bond donors (Lipinski definition) is 0. The van der Waals surface area contributed by atoms with Crippen molar-refractivity contribution in [1.29, 1.82) is 0 Å². The first-order valence-electron chi connectivity index (χ1n) is 19.0. The van der Waals surface area contributed by atoms with E-state index in [4.69, 9.17) is 0 Å². The lowest BCUT2D eigenvalue weighted by Crippen LogP contribution is -2.67. The van der Waals surface area contributed by atoms with Crippen molar-refractivity contribution < 1.29 is 0 Å². The minimum absolute atomic E-state index is 0.326. The van der Waals surface area contributed by atoms with Crippen LogP contribution in [0.25, 0.3) is 43.1 Å². The molecule has 0 saturated carbocycles. The molecule has 4 spiro atoms. The van der Waals surface area contributed by atoms with Gasteiger partial charge in [0.05, 0.1) is 0 Å². The van der Waals surface area contributed by atoms with Gasteiger partial charge in [-0.25, -0.2) is 0 Å². The lowest BCUT2D eigenvalue weighted by Gasteiger charge is -2.65. The van der Waals surface area contributed by atoms with Crippen molar-refractivity contribution in [2.45, 2.75) is 21.7 Å². The lowest BCUT2D eigenvalue weighted by atomic mass is 9.35. The highest BCUT2D eigenvalue weighted by Crippen LogP contribution is 2.76. The summed E-state index contributed by atoms with van der Waals surface area (Å²) in [6.45, 7) is 3.84. The van der Waals surface area contributed by atoms with Crippen molar-refractivity contribution in [3.8, 4) is 0 Å². The van der Waals surface area contributed by atoms with Gasteiger partial charge in [0.1, 0.15) is 0 Å². The maximum Gasteiger partial charge on any atom is 0.0485 e. The highest BCUT2D eigenvalue weighted by molar-refractivity contribution is 5.96. The molecule has 0 atom stereocenters. The van der Waals surface area contributed by atoms with Gasteiger partial charge in [0.15, 0.2) is 0 Å². The largest absolute Gasteiger partial charge is 0.304 e. The average Bonchev–Trinajstić information content (AvgIpc) is 3.65. The van der Waals surface area contributed by atoms with E-state index in [2.05, 4.69) is 169 Å². The summed E-state index contributed by atoms with van der Waals surface area (Å²) < 4.78 is 0. The second-order valence-electron chi connectivity index (χ2n) is 16.9. The van der Waals surface area contributed by atoms with Crippen molar-refractivity contribution in [2.24, 2.45) is 0 Å². The van der Waals surface area contributed by atoms with Gasteiger partial charge in [-0.15, -0.1) is 0 Å². The van der Waals surface area contributed by atoms with Crippen molar-refractivity contribution in [3.63, 3.8) is 0 Å². The standard InChI is InChI=1S/C50H38N2/c1-51-27-47-39-19-31-11-3-7-15-35(31)23-43(39)49(44-24-36-16-8-4-12-32(36)20-40(44)47)29-52(2)30-50(49)45-25-37-17-9-5-13-33(37)21-41(45)48(47,28-51)42-22-34-14-6-10-18-38(34)26-46(42)50/h3-26H,27-30H2,1-2H3. The van der Waals surface area contributed by atoms with E-state index in [1.54, 1.807) is 44.5 Å². The predicted octanol–water partition coefficient (Wildman–Crippen LogP) is 9.68. The van der Waals surface area contributed by atoms with Gasteiger partial charge in [-0.3, -0.25) is 0 Å². The lowest BCUT2D eigenvalue weighted by molar-refractivity contribution is 0.265. The van der Waals surface area contributed by atoms with E-state index in [0.717, 1.165) is 26.2 Å². The molecule has 2 saturated heterocycles. The summed E-state index contributed by atoms with van der Waals surface area (Å²) in [6.07, 6.45) is 0. The number of nitrogens with zero attached hydrogens (tertiary/aromatic N) is 2. The van der Waals surface area contributed by atoms with Crippen molar-refractivity contribution in [2.75, 3.05) is 40.3 Å². The molecule has 2 aliphatic carbocycles. The monoisotopic (exact) mass is 666 g/mol. The van der Waals surface area contributed by atoms with Crippen molar-refractivity contribution in [3.05, 3.63) is 190 Å². The minimum atomic E-state index is -0.326. The zero-order valence-electron chi connectivity index (χ0n) is 29.6. The fraction of sp³-hybridized carbons (Fsp3) is 0.200. The number of fused-ring (bicyclic) bond motifs is 18. The molecule has 0 amide bonds. The van der Waals surface area contributed by atoms with E-state index in [-0.39, 0.29) is 21.7 Å². The van der Waals surface area contributed by atoms with Crippen LogP contribution in [0.3, 0.4) is 0 Å². The van der Waals surface area contributed by atoms with Crippen LogP contribution in [-0.2, 0) is 21.7 Å². The van der Waals surface area contributed by atoms with E-state index in [0.29, 0.717) is 0 Å². The van der Waals surface area contributed by atoms with Gasteiger partial charge in [0.25, 0.3) is 0 Å². The third kappa shape index (κ3) is 2.87. The molecule has 248 valence electrons. The Morgan fingerprint density at radius 3 is 0.596 bits per heavy atom. The SMILES string of the molecule is CN1CC23c4cc5ccccc5cc4C4(CN(C)CC45c4cc6ccccc6cc4C2(C1)c1cc2ccccc2cc15)c1cc2ccccc2cc13. The van der Waals surface area contributed by atoms with Crippen LogP contribution in [0.2, 0.25) is 0 Å². The van der Waals surface area contributed by atoms with Crippen LogP contribution in [0.1, 0.15) is 44.5 Å². The second-order valence-corrected chi connectivity index (χ2v) is 16.9. The topological polar surface area (TPSA) is 6.48 Å². The van der Waals surface area contributed by atoms with Gasteiger partial charge >= 0.3 is 0 Å². The van der Waals surface area contributed by atoms with Gasteiger partial charge in [-0.1, -0.05) is 97.1 Å². The summed E-state index contributed by atoms with van der Waals surface area (Å²) in [5, 5.41) is 10.8. The molecule has 2 heteroatoms. The Bertz CT molecular complexity index is 2360. The second kappa shape index (κ2) is 9.01. The molecular formula is C50H38N2. The van der Waals surface area contributed by atoms with E-state index in [1.807, 2.05) is 0 Å². The maximum atomic E-state index is 2.68. The van der Waals surface area contributed by atoms with Crippen LogP contribution >= 0.6 is 0 Å². The summed E-state index contributed by atoms with van der Waals surface area (Å²) in [5.41, 5.74) is 11.1. The van der Waals surface area contributed by atoms with Gasteiger partial charge in [0, 0.05) is 47.8 Å². The number of likely N-dealkylation sites (tertiary alicyclic amines) is 2. The quantitative estimate of drug-likeness (QED) is 0.159. The van der Waals surface area contributed by atoms with Gasteiger partial charge in [-0.05, 0) is 150 Å². The fourth-order valence-corrected chi connectivity index (χ4v) is 13.2. The van der Waals surface area contributed by atoms with Crippen molar-refractivity contribution in [1.82, 2.24) is 9.80 Å². The molecule has 0 unspecified atom stereocenters. The molecule has 2 aliphatic heterocycles. The predicted molar refractivity (Wildman–Crippen MR) is 214 cm³/mol. The van der Waals surface area contributed by atoms with Crippen LogP contribution in [0.5, 0.6) is 0 Å². The van der Waals surface area contributed by atoms with E-state index in [9.17, 15) is 0 Å². The summed E-state index contributed by atoms with van der Waals surface area (Å²) in [4.78, 5) is 5.36. The fourth-order valence-electron chi connectivity index (χ4n) is 13.2.